The van der Waals surface area contributed by atoms with Gasteiger partial charge in [-0.2, -0.15) is 0 Å². The molecule has 1 unspecified atom stereocenters. The Hall–Kier alpha value is -1.33. The molecule has 2 rings (SSSR count). The molecule has 0 aliphatic carbocycles. The molecule has 1 heterocycles. The Kier molecular flexibility index (Phi) is 4.20. The van der Waals surface area contributed by atoms with E-state index in [0.717, 1.165) is 18.7 Å². The van der Waals surface area contributed by atoms with Crippen LogP contribution in [-0.4, -0.2) is 49.5 Å². The Balaban J connectivity index is 2.29. The van der Waals surface area contributed by atoms with Crippen molar-refractivity contribution in [2.24, 2.45) is 10.7 Å². The van der Waals surface area contributed by atoms with Crippen LogP contribution in [0.15, 0.2) is 23.2 Å². The number of likely N-dealkylation sites (N-methyl/N-ethyl adjacent to an activating group) is 1. The third kappa shape index (κ3) is 2.74. The quantitative estimate of drug-likeness (QED) is 0.923. The van der Waals surface area contributed by atoms with Crippen LogP contribution in [0.4, 0.5) is 4.39 Å². The molecular formula is C14H20ClFN4. The molecule has 0 saturated carbocycles. The molecule has 110 valence electrons. The van der Waals surface area contributed by atoms with Crippen LogP contribution < -0.4 is 5.73 Å². The average molecular weight is 299 g/mol. The maximum absolute atomic E-state index is 13.3. The molecule has 4 nitrogen and oxygen atoms in total. The van der Waals surface area contributed by atoms with Gasteiger partial charge in [0.15, 0.2) is 5.96 Å². The zero-order chi connectivity index (χ0) is 14.9. The van der Waals surface area contributed by atoms with E-state index in [1.807, 2.05) is 14.1 Å². The highest BCUT2D eigenvalue weighted by atomic mass is 35.5. The van der Waals surface area contributed by atoms with Gasteiger partial charge in [-0.1, -0.05) is 17.7 Å². The number of aliphatic imine (C=N–C) groups is 1. The Morgan fingerprint density at radius 2 is 2.20 bits per heavy atom. The normalized spacial score (nSPS) is 22.5. The van der Waals surface area contributed by atoms with E-state index in [2.05, 4.69) is 21.7 Å². The van der Waals surface area contributed by atoms with Gasteiger partial charge in [-0.15, -0.1) is 0 Å². The van der Waals surface area contributed by atoms with Gasteiger partial charge in [-0.25, -0.2) is 4.39 Å². The summed E-state index contributed by atoms with van der Waals surface area (Å²) in [6.45, 7) is 4.22. The molecule has 1 aromatic carbocycles. The molecule has 1 aromatic rings. The molecule has 1 aliphatic heterocycles. The van der Waals surface area contributed by atoms with Gasteiger partial charge in [0.25, 0.3) is 0 Å². The zero-order valence-electron chi connectivity index (χ0n) is 12.0. The smallest absolute Gasteiger partial charge is 0.192 e. The van der Waals surface area contributed by atoms with Crippen LogP contribution in [0.1, 0.15) is 12.5 Å². The SMILES string of the molecule is CN(C)CCN1C(N)=NCC1(C)c1ccc(F)c(Cl)c1. The van der Waals surface area contributed by atoms with Crippen LogP contribution in [0, 0.1) is 5.82 Å². The van der Waals surface area contributed by atoms with Crippen LogP contribution in [-0.2, 0) is 5.54 Å². The number of nitrogens with two attached hydrogens (primary N) is 1. The largest absolute Gasteiger partial charge is 0.370 e. The monoisotopic (exact) mass is 298 g/mol. The molecule has 0 radical (unpaired) electrons. The van der Waals surface area contributed by atoms with Crippen molar-refractivity contribution in [3.63, 3.8) is 0 Å². The van der Waals surface area contributed by atoms with Gasteiger partial charge in [-0.3, -0.25) is 4.99 Å². The summed E-state index contributed by atoms with van der Waals surface area (Å²) >= 11 is 5.90. The predicted molar refractivity (Wildman–Crippen MR) is 80.5 cm³/mol. The second-order valence-corrected chi connectivity index (χ2v) is 5.94. The second kappa shape index (κ2) is 5.58. The molecule has 0 spiro atoms. The Morgan fingerprint density at radius 3 is 2.80 bits per heavy atom. The lowest BCUT2D eigenvalue weighted by molar-refractivity contribution is 0.205. The number of halogens is 2. The fraction of sp³-hybridized carbons (Fsp3) is 0.500. The molecule has 2 N–H and O–H groups in total. The van der Waals surface area contributed by atoms with Crippen molar-refractivity contribution in [1.82, 2.24) is 9.80 Å². The molecule has 0 bridgehead atoms. The molecule has 1 aliphatic rings. The lowest BCUT2D eigenvalue weighted by Crippen LogP contribution is -2.49. The summed E-state index contributed by atoms with van der Waals surface area (Å²) in [5, 5.41) is 0.127. The molecule has 0 aromatic heterocycles. The maximum Gasteiger partial charge on any atom is 0.192 e. The molecule has 6 heteroatoms. The van der Waals surface area contributed by atoms with Crippen LogP contribution in [0.5, 0.6) is 0 Å². The third-order valence-corrected chi connectivity index (χ3v) is 4.02. The number of hydrogen-bond acceptors (Lipinski definition) is 4. The zero-order valence-corrected chi connectivity index (χ0v) is 12.8. The van der Waals surface area contributed by atoms with Crippen molar-refractivity contribution in [3.05, 3.63) is 34.6 Å². The van der Waals surface area contributed by atoms with Gasteiger partial charge in [-0.05, 0) is 38.7 Å². The summed E-state index contributed by atoms with van der Waals surface area (Å²) in [5.41, 5.74) is 6.54. The van der Waals surface area contributed by atoms with Gasteiger partial charge < -0.3 is 15.5 Å². The fourth-order valence-electron chi connectivity index (χ4n) is 2.40. The number of hydrogen-bond donors (Lipinski definition) is 1. The van der Waals surface area contributed by atoms with E-state index in [9.17, 15) is 4.39 Å². The topological polar surface area (TPSA) is 44.9 Å². The average Bonchev–Trinajstić information content (AvgIpc) is 2.67. The molecule has 0 fully saturated rings. The summed E-state index contributed by atoms with van der Waals surface area (Å²) < 4.78 is 13.3. The van der Waals surface area contributed by atoms with Gasteiger partial charge >= 0.3 is 0 Å². The molecular weight excluding hydrogens is 279 g/mol. The summed E-state index contributed by atoms with van der Waals surface area (Å²) in [6.07, 6.45) is 0. The first kappa shape index (κ1) is 15.1. The van der Waals surface area contributed by atoms with E-state index in [1.54, 1.807) is 12.1 Å². The minimum atomic E-state index is -0.411. The van der Waals surface area contributed by atoms with Crippen molar-refractivity contribution >= 4 is 17.6 Å². The van der Waals surface area contributed by atoms with Crippen molar-refractivity contribution in [2.75, 3.05) is 33.7 Å². The first-order valence-corrected chi connectivity index (χ1v) is 6.90. The van der Waals surface area contributed by atoms with E-state index in [4.69, 9.17) is 17.3 Å². The summed E-state index contributed by atoms with van der Waals surface area (Å²) in [6, 6.07) is 4.80. The highest BCUT2D eigenvalue weighted by Gasteiger charge is 2.39. The van der Waals surface area contributed by atoms with Crippen LogP contribution in [0.2, 0.25) is 5.02 Å². The van der Waals surface area contributed by atoms with Crippen molar-refractivity contribution in [3.8, 4) is 0 Å². The first-order valence-electron chi connectivity index (χ1n) is 6.52. The van der Waals surface area contributed by atoms with E-state index >= 15 is 0 Å². The maximum atomic E-state index is 13.3. The number of guanidine groups is 1. The standard InChI is InChI=1S/C14H20ClFN4/c1-14(10-4-5-12(16)11(15)8-10)9-18-13(17)20(14)7-6-19(2)3/h4-5,8H,6-7,9H2,1-3H3,(H2,17,18). The molecule has 0 amide bonds. The summed E-state index contributed by atoms with van der Waals surface area (Å²) in [7, 11) is 4.02. The van der Waals surface area contributed by atoms with Crippen LogP contribution in [0.3, 0.4) is 0 Å². The fourth-order valence-corrected chi connectivity index (χ4v) is 2.58. The van der Waals surface area contributed by atoms with E-state index < -0.39 is 5.82 Å². The van der Waals surface area contributed by atoms with Crippen molar-refractivity contribution in [1.29, 1.82) is 0 Å². The summed E-state index contributed by atoms with van der Waals surface area (Å²) in [4.78, 5) is 8.48. The lowest BCUT2D eigenvalue weighted by atomic mass is 9.91. The minimum absolute atomic E-state index is 0.127. The Morgan fingerprint density at radius 1 is 1.50 bits per heavy atom. The Labute approximate surface area is 124 Å². The Bertz CT molecular complexity index is 532. The predicted octanol–water partition coefficient (Wildman–Crippen LogP) is 1.89. The molecule has 20 heavy (non-hydrogen) atoms. The summed E-state index contributed by atoms with van der Waals surface area (Å²) in [5.74, 6) is 0.112. The van der Waals surface area contributed by atoms with Gasteiger partial charge in [0.1, 0.15) is 5.82 Å². The van der Waals surface area contributed by atoms with Crippen LogP contribution >= 0.6 is 11.6 Å². The molecule has 0 saturated heterocycles. The minimum Gasteiger partial charge on any atom is -0.370 e. The van der Waals surface area contributed by atoms with E-state index in [1.165, 1.54) is 6.07 Å². The second-order valence-electron chi connectivity index (χ2n) is 5.53. The van der Waals surface area contributed by atoms with Crippen molar-refractivity contribution in [2.45, 2.75) is 12.5 Å². The number of rotatable bonds is 4. The number of benzene rings is 1. The third-order valence-electron chi connectivity index (χ3n) is 3.73. The highest BCUT2D eigenvalue weighted by Crippen LogP contribution is 2.34. The lowest BCUT2D eigenvalue weighted by Gasteiger charge is -2.37. The van der Waals surface area contributed by atoms with E-state index in [0.29, 0.717) is 12.5 Å². The highest BCUT2D eigenvalue weighted by molar-refractivity contribution is 6.30. The van der Waals surface area contributed by atoms with Gasteiger partial charge in [0.05, 0.1) is 17.1 Å². The van der Waals surface area contributed by atoms with E-state index in [-0.39, 0.29) is 10.6 Å². The first-order chi connectivity index (χ1) is 9.34. The van der Waals surface area contributed by atoms with Crippen molar-refractivity contribution < 1.29 is 4.39 Å². The molecule has 1 atom stereocenters. The van der Waals surface area contributed by atoms with Gasteiger partial charge in [0.2, 0.25) is 0 Å². The van der Waals surface area contributed by atoms with Crippen LogP contribution in [0.25, 0.3) is 0 Å². The number of nitrogens with zero attached hydrogens (tertiary/aromatic N) is 3. The van der Waals surface area contributed by atoms with Gasteiger partial charge in [0, 0.05) is 13.1 Å².